The van der Waals surface area contributed by atoms with Crippen molar-refractivity contribution in [1.29, 1.82) is 0 Å². The molecule has 0 unspecified atom stereocenters. The Morgan fingerprint density at radius 2 is 1.53 bits per heavy atom. The van der Waals surface area contributed by atoms with Crippen molar-refractivity contribution in [3.05, 3.63) is 29.8 Å². The fourth-order valence-electron chi connectivity index (χ4n) is 4.04. The van der Waals surface area contributed by atoms with E-state index < -0.39 is 22.1 Å². The van der Waals surface area contributed by atoms with Gasteiger partial charge in [-0.25, -0.2) is 13.2 Å². The van der Waals surface area contributed by atoms with Crippen LogP contribution in [0.4, 0.5) is 0 Å². The van der Waals surface area contributed by atoms with E-state index in [1.165, 1.54) is 35.0 Å². The Kier molecular flexibility index (Phi) is 7.88. The van der Waals surface area contributed by atoms with E-state index >= 15 is 0 Å². The van der Waals surface area contributed by atoms with Crippen LogP contribution in [0.3, 0.4) is 0 Å². The van der Waals surface area contributed by atoms with Gasteiger partial charge in [-0.05, 0) is 56.9 Å². The van der Waals surface area contributed by atoms with Gasteiger partial charge in [0.05, 0.1) is 10.5 Å². The molecule has 1 atom stereocenters. The van der Waals surface area contributed by atoms with Gasteiger partial charge in [0.1, 0.15) is 0 Å². The lowest BCUT2D eigenvalue weighted by atomic mass is 9.95. The molecule has 1 aliphatic heterocycles. The van der Waals surface area contributed by atoms with E-state index in [0.29, 0.717) is 13.1 Å². The topological polar surface area (TPSA) is 92.8 Å². The van der Waals surface area contributed by atoms with Crippen LogP contribution in [0.5, 0.6) is 0 Å². The molecule has 1 aromatic carbocycles. The molecule has 8 heteroatoms. The van der Waals surface area contributed by atoms with Crippen LogP contribution in [0.2, 0.25) is 0 Å². The minimum Gasteiger partial charge on any atom is -0.449 e. The number of hydrogen-bond acceptors (Lipinski definition) is 5. The van der Waals surface area contributed by atoms with E-state index in [9.17, 15) is 18.0 Å². The van der Waals surface area contributed by atoms with Crippen LogP contribution in [0.1, 0.15) is 75.1 Å². The molecule has 0 aromatic heterocycles. The Morgan fingerprint density at radius 3 is 2.13 bits per heavy atom. The molecule has 2 aliphatic rings. The Morgan fingerprint density at radius 1 is 0.967 bits per heavy atom. The Labute approximate surface area is 179 Å². The lowest BCUT2D eigenvalue weighted by molar-refractivity contribution is -0.130. The van der Waals surface area contributed by atoms with E-state index in [1.54, 1.807) is 6.92 Å². The molecular weight excluding hydrogens is 404 g/mol. The van der Waals surface area contributed by atoms with Crippen molar-refractivity contribution in [2.24, 2.45) is 0 Å². The lowest BCUT2D eigenvalue weighted by Crippen LogP contribution is -2.42. The third kappa shape index (κ3) is 5.82. The van der Waals surface area contributed by atoms with E-state index in [-0.39, 0.29) is 22.4 Å². The highest BCUT2D eigenvalue weighted by molar-refractivity contribution is 7.89. The minimum atomic E-state index is -3.56. The first kappa shape index (κ1) is 22.7. The third-order valence-corrected chi connectivity index (χ3v) is 7.81. The summed E-state index contributed by atoms with van der Waals surface area (Å²) in [6.07, 6.45) is 8.23. The largest absolute Gasteiger partial charge is 0.449 e. The number of nitrogens with zero attached hydrogens (tertiary/aromatic N) is 1. The van der Waals surface area contributed by atoms with E-state index in [1.807, 2.05) is 0 Å². The Bertz CT molecular complexity index is 824. The van der Waals surface area contributed by atoms with Gasteiger partial charge in [-0.3, -0.25) is 4.79 Å². The molecule has 1 heterocycles. The number of nitrogens with one attached hydrogen (secondary N) is 1. The van der Waals surface area contributed by atoms with Crippen molar-refractivity contribution in [1.82, 2.24) is 9.62 Å². The lowest BCUT2D eigenvalue weighted by Gasteiger charge is -2.24. The molecule has 1 amide bonds. The average molecular weight is 437 g/mol. The number of rotatable bonds is 6. The molecule has 3 rings (SSSR count). The van der Waals surface area contributed by atoms with E-state index in [4.69, 9.17) is 4.74 Å². The predicted molar refractivity (Wildman–Crippen MR) is 114 cm³/mol. The smallest absolute Gasteiger partial charge is 0.338 e. The Hall–Kier alpha value is -1.93. The quantitative estimate of drug-likeness (QED) is 0.691. The highest BCUT2D eigenvalue weighted by Gasteiger charge is 2.26. The maximum atomic E-state index is 12.8. The molecule has 1 saturated carbocycles. The van der Waals surface area contributed by atoms with Gasteiger partial charge in [-0.15, -0.1) is 0 Å². The van der Waals surface area contributed by atoms with Crippen molar-refractivity contribution in [3.8, 4) is 0 Å². The number of hydrogen-bond donors (Lipinski definition) is 1. The van der Waals surface area contributed by atoms with Gasteiger partial charge in [0.15, 0.2) is 6.10 Å². The summed E-state index contributed by atoms with van der Waals surface area (Å²) in [6.45, 7) is 2.60. The van der Waals surface area contributed by atoms with Crippen LogP contribution in [-0.4, -0.2) is 49.8 Å². The number of ether oxygens (including phenoxy) is 1. The van der Waals surface area contributed by atoms with Crippen LogP contribution in [0, 0.1) is 0 Å². The van der Waals surface area contributed by atoms with Crippen LogP contribution in [0.25, 0.3) is 0 Å². The van der Waals surface area contributed by atoms with Crippen LogP contribution in [-0.2, 0) is 19.6 Å². The van der Waals surface area contributed by atoms with Gasteiger partial charge in [0.25, 0.3) is 5.91 Å². The summed E-state index contributed by atoms with van der Waals surface area (Å²) in [5.41, 5.74) is 0.224. The number of carbonyl (C=O) groups excluding carboxylic acids is 2. The number of esters is 1. The summed E-state index contributed by atoms with van der Waals surface area (Å²) in [5.74, 6) is -0.935. The highest BCUT2D eigenvalue weighted by Crippen LogP contribution is 2.21. The first-order valence-corrected chi connectivity index (χ1v) is 12.4. The van der Waals surface area contributed by atoms with Gasteiger partial charge in [-0.1, -0.05) is 32.1 Å². The second kappa shape index (κ2) is 10.4. The van der Waals surface area contributed by atoms with Crippen molar-refractivity contribution in [2.75, 3.05) is 13.1 Å². The fourth-order valence-corrected chi connectivity index (χ4v) is 5.56. The predicted octanol–water partition coefficient (Wildman–Crippen LogP) is 3.25. The molecule has 1 N–H and O–H groups in total. The summed E-state index contributed by atoms with van der Waals surface area (Å²) in [7, 11) is -3.56. The van der Waals surface area contributed by atoms with Crippen LogP contribution in [0.15, 0.2) is 29.2 Å². The summed E-state index contributed by atoms with van der Waals surface area (Å²) >= 11 is 0. The second-order valence-electron chi connectivity index (χ2n) is 8.23. The number of sulfonamides is 1. The zero-order chi connectivity index (χ0) is 21.6. The van der Waals surface area contributed by atoms with Gasteiger partial charge >= 0.3 is 5.97 Å². The molecular formula is C22H32N2O5S. The van der Waals surface area contributed by atoms with Crippen molar-refractivity contribution < 1.29 is 22.7 Å². The molecule has 166 valence electrons. The molecule has 7 nitrogen and oxygen atoms in total. The third-order valence-electron chi connectivity index (χ3n) is 5.90. The first-order chi connectivity index (χ1) is 14.4. The molecule has 1 aromatic rings. The maximum absolute atomic E-state index is 12.8. The summed E-state index contributed by atoms with van der Waals surface area (Å²) in [5, 5.41) is 2.94. The molecule has 1 saturated heterocycles. The molecule has 0 radical (unpaired) electrons. The summed E-state index contributed by atoms with van der Waals surface area (Å²) in [6, 6.07) is 5.90. The molecule has 0 bridgehead atoms. The zero-order valence-electron chi connectivity index (χ0n) is 17.6. The number of benzene rings is 1. The SMILES string of the molecule is C[C@H](OC(=O)c1ccc(S(=O)(=O)N2CCCCCC2)cc1)C(=O)NC1CCCCC1. The highest BCUT2D eigenvalue weighted by atomic mass is 32.2. The Balaban J connectivity index is 1.58. The average Bonchev–Trinajstić information content (AvgIpc) is 3.04. The number of amides is 1. The van der Waals surface area contributed by atoms with E-state index in [2.05, 4.69) is 5.32 Å². The second-order valence-corrected chi connectivity index (χ2v) is 10.2. The molecule has 0 spiro atoms. The van der Waals surface area contributed by atoms with Gasteiger partial charge in [0, 0.05) is 19.1 Å². The van der Waals surface area contributed by atoms with Gasteiger partial charge < -0.3 is 10.1 Å². The molecule has 30 heavy (non-hydrogen) atoms. The zero-order valence-corrected chi connectivity index (χ0v) is 18.5. The fraction of sp³-hybridized carbons (Fsp3) is 0.636. The van der Waals surface area contributed by atoms with Crippen molar-refractivity contribution in [3.63, 3.8) is 0 Å². The van der Waals surface area contributed by atoms with E-state index in [0.717, 1.165) is 51.4 Å². The number of carbonyl (C=O) groups is 2. The summed E-state index contributed by atoms with van der Waals surface area (Å²) < 4.78 is 32.5. The monoisotopic (exact) mass is 436 g/mol. The first-order valence-electron chi connectivity index (χ1n) is 11.0. The molecule has 2 fully saturated rings. The van der Waals surface area contributed by atoms with Gasteiger partial charge in [0.2, 0.25) is 10.0 Å². The standard InChI is InChI=1S/C22H32N2O5S/c1-17(21(25)23-19-9-5-4-6-10-19)29-22(26)18-11-13-20(14-12-18)30(27,28)24-15-7-2-3-8-16-24/h11-14,17,19H,2-10,15-16H2,1H3,(H,23,25)/t17-/m0/s1. The normalized spacial score (nSPS) is 20.2. The van der Waals surface area contributed by atoms with Crippen molar-refractivity contribution >= 4 is 21.9 Å². The minimum absolute atomic E-state index is 0.149. The van der Waals surface area contributed by atoms with Crippen LogP contribution < -0.4 is 5.32 Å². The van der Waals surface area contributed by atoms with Crippen LogP contribution >= 0.6 is 0 Å². The van der Waals surface area contributed by atoms with Gasteiger partial charge in [-0.2, -0.15) is 4.31 Å². The van der Waals surface area contributed by atoms with Crippen molar-refractivity contribution in [2.45, 2.75) is 81.8 Å². The maximum Gasteiger partial charge on any atom is 0.338 e. The summed E-state index contributed by atoms with van der Waals surface area (Å²) in [4.78, 5) is 24.9. The molecule has 1 aliphatic carbocycles.